The van der Waals surface area contributed by atoms with Gasteiger partial charge in [0.25, 0.3) is 5.91 Å². The average molecular weight is 211 g/mol. The molecule has 0 aliphatic rings. The molecular formula is C10H14FN3O. The molecule has 0 aliphatic heterocycles. The molecule has 0 bridgehead atoms. The van der Waals surface area contributed by atoms with Gasteiger partial charge in [0.2, 0.25) is 0 Å². The smallest absolute Gasteiger partial charge is 0.254 e. The molecular weight excluding hydrogens is 197 g/mol. The van der Waals surface area contributed by atoms with Gasteiger partial charge in [-0.2, -0.15) is 0 Å². The number of carbonyl (C=O) groups excluding carboxylic acids is 1. The fraction of sp³-hybridized carbons (Fsp3) is 0.400. The largest absolute Gasteiger partial charge is 0.371 e. The van der Waals surface area contributed by atoms with Crippen molar-refractivity contribution in [3.8, 4) is 0 Å². The summed E-state index contributed by atoms with van der Waals surface area (Å²) in [5.74, 6) is -0.944. The molecule has 0 saturated heterocycles. The Bertz CT molecular complexity index is 355. The molecule has 0 aromatic carbocycles. The predicted octanol–water partition coefficient (Wildman–Crippen LogP) is 1.40. The quantitative estimate of drug-likeness (QED) is 0.791. The molecule has 2 N–H and O–H groups in total. The van der Waals surface area contributed by atoms with Gasteiger partial charge in [-0.05, 0) is 12.5 Å². The summed E-state index contributed by atoms with van der Waals surface area (Å²) in [5, 5.41) is 5.19. The second kappa shape index (κ2) is 5.29. The third-order valence-electron chi connectivity index (χ3n) is 1.91. The van der Waals surface area contributed by atoms with Crippen LogP contribution < -0.4 is 10.6 Å². The summed E-state index contributed by atoms with van der Waals surface area (Å²) in [4.78, 5) is 15.2. The summed E-state index contributed by atoms with van der Waals surface area (Å²) in [6.45, 7) is 2.47. The summed E-state index contributed by atoms with van der Waals surface area (Å²) in [7, 11) is 1.55. The number of aromatic nitrogens is 1. The zero-order valence-electron chi connectivity index (χ0n) is 8.80. The van der Waals surface area contributed by atoms with E-state index < -0.39 is 11.7 Å². The first-order chi connectivity index (χ1) is 7.20. The van der Waals surface area contributed by atoms with Crippen LogP contribution in [0.15, 0.2) is 12.3 Å². The van der Waals surface area contributed by atoms with E-state index in [9.17, 15) is 9.18 Å². The van der Waals surface area contributed by atoms with Crippen molar-refractivity contribution in [2.45, 2.75) is 13.3 Å². The zero-order chi connectivity index (χ0) is 11.3. The first kappa shape index (κ1) is 11.4. The maximum absolute atomic E-state index is 13.6. The van der Waals surface area contributed by atoms with Crippen molar-refractivity contribution in [2.24, 2.45) is 0 Å². The maximum atomic E-state index is 13.6. The molecule has 0 radical (unpaired) electrons. The van der Waals surface area contributed by atoms with Crippen LogP contribution in [0.3, 0.4) is 0 Å². The molecule has 0 unspecified atom stereocenters. The van der Waals surface area contributed by atoms with E-state index in [4.69, 9.17) is 0 Å². The molecule has 0 spiro atoms. The van der Waals surface area contributed by atoms with Gasteiger partial charge < -0.3 is 10.6 Å². The summed E-state index contributed by atoms with van der Waals surface area (Å²) in [5.41, 5.74) is 0.0165. The molecule has 1 heterocycles. The lowest BCUT2D eigenvalue weighted by molar-refractivity contribution is 0.0949. The second-order valence-corrected chi connectivity index (χ2v) is 3.03. The number of anilines is 1. The average Bonchev–Trinajstić information content (AvgIpc) is 2.26. The number of pyridine rings is 1. The Morgan fingerprint density at radius 1 is 1.60 bits per heavy atom. The number of amides is 1. The van der Waals surface area contributed by atoms with E-state index in [0.717, 1.165) is 6.42 Å². The standard InChI is InChI=1S/C10H14FN3O/c1-3-5-14-10(15)7-4-6-13-9(12-2)8(7)11/h4,6H,3,5H2,1-2H3,(H,12,13)(H,14,15). The Morgan fingerprint density at radius 3 is 2.93 bits per heavy atom. The lowest BCUT2D eigenvalue weighted by Crippen LogP contribution is -2.25. The highest BCUT2D eigenvalue weighted by Gasteiger charge is 2.14. The van der Waals surface area contributed by atoms with Crippen LogP contribution in [0, 0.1) is 5.82 Å². The van der Waals surface area contributed by atoms with Crippen LogP contribution in [0.5, 0.6) is 0 Å². The van der Waals surface area contributed by atoms with Crippen molar-refractivity contribution in [2.75, 3.05) is 18.9 Å². The van der Waals surface area contributed by atoms with Gasteiger partial charge in [-0.3, -0.25) is 4.79 Å². The van der Waals surface area contributed by atoms with Gasteiger partial charge in [0.1, 0.15) is 0 Å². The maximum Gasteiger partial charge on any atom is 0.254 e. The van der Waals surface area contributed by atoms with E-state index in [2.05, 4.69) is 15.6 Å². The van der Waals surface area contributed by atoms with Crippen LogP contribution in [-0.4, -0.2) is 24.5 Å². The van der Waals surface area contributed by atoms with Crippen molar-refractivity contribution >= 4 is 11.7 Å². The molecule has 1 rings (SSSR count). The second-order valence-electron chi connectivity index (χ2n) is 3.03. The molecule has 0 aliphatic carbocycles. The summed E-state index contributed by atoms with van der Waals surface area (Å²) in [6, 6.07) is 1.36. The van der Waals surface area contributed by atoms with Crippen LogP contribution in [0.1, 0.15) is 23.7 Å². The third kappa shape index (κ3) is 2.65. The van der Waals surface area contributed by atoms with E-state index in [0.29, 0.717) is 6.54 Å². The van der Waals surface area contributed by atoms with Gasteiger partial charge >= 0.3 is 0 Å². The Balaban J connectivity index is 2.89. The van der Waals surface area contributed by atoms with Crippen LogP contribution in [0.4, 0.5) is 10.2 Å². The Hall–Kier alpha value is -1.65. The lowest BCUT2D eigenvalue weighted by Gasteiger charge is -2.07. The highest BCUT2D eigenvalue weighted by molar-refractivity contribution is 5.95. The first-order valence-electron chi connectivity index (χ1n) is 4.81. The highest BCUT2D eigenvalue weighted by Crippen LogP contribution is 2.13. The number of nitrogens with zero attached hydrogens (tertiary/aromatic N) is 1. The minimum absolute atomic E-state index is 0.0165. The topological polar surface area (TPSA) is 54.0 Å². The molecule has 82 valence electrons. The molecule has 0 saturated carbocycles. The van der Waals surface area contributed by atoms with Crippen molar-refractivity contribution in [3.63, 3.8) is 0 Å². The van der Waals surface area contributed by atoms with Crippen molar-refractivity contribution in [1.82, 2.24) is 10.3 Å². The van der Waals surface area contributed by atoms with Crippen LogP contribution >= 0.6 is 0 Å². The Labute approximate surface area is 87.9 Å². The van der Waals surface area contributed by atoms with E-state index in [-0.39, 0.29) is 11.4 Å². The fourth-order valence-electron chi connectivity index (χ4n) is 1.13. The van der Waals surface area contributed by atoms with Crippen LogP contribution in [0.2, 0.25) is 0 Å². The molecule has 1 amide bonds. The predicted molar refractivity (Wildman–Crippen MR) is 56.4 cm³/mol. The van der Waals surface area contributed by atoms with Gasteiger partial charge in [-0.15, -0.1) is 0 Å². The molecule has 0 atom stereocenters. The van der Waals surface area contributed by atoms with Crippen molar-refractivity contribution in [1.29, 1.82) is 0 Å². The molecule has 1 aromatic rings. The SMILES string of the molecule is CCCNC(=O)c1ccnc(NC)c1F. The van der Waals surface area contributed by atoms with Gasteiger partial charge in [0, 0.05) is 19.8 Å². The zero-order valence-corrected chi connectivity index (χ0v) is 8.80. The molecule has 15 heavy (non-hydrogen) atoms. The van der Waals surface area contributed by atoms with Gasteiger partial charge in [-0.1, -0.05) is 6.92 Å². The Kier molecular flexibility index (Phi) is 4.03. The number of nitrogens with one attached hydrogen (secondary N) is 2. The van der Waals surface area contributed by atoms with E-state index in [1.165, 1.54) is 12.3 Å². The summed E-state index contributed by atoms with van der Waals surface area (Å²) < 4.78 is 13.6. The van der Waals surface area contributed by atoms with E-state index >= 15 is 0 Å². The normalized spacial score (nSPS) is 9.80. The number of hydrogen-bond acceptors (Lipinski definition) is 3. The first-order valence-corrected chi connectivity index (χ1v) is 4.81. The fourth-order valence-corrected chi connectivity index (χ4v) is 1.13. The van der Waals surface area contributed by atoms with Crippen LogP contribution in [0.25, 0.3) is 0 Å². The highest BCUT2D eigenvalue weighted by atomic mass is 19.1. The summed E-state index contributed by atoms with van der Waals surface area (Å²) in [6.07, 6.45) is 2.22. The minimum atomic E-state index is -0.617. The van der Waals surface area contributed by atoms with Gasteiger partial charge in [0.05, 0.1) is 5.56 Å². The molecule has 5 heteroatoms. The number of rotatable bonds is 4. The molecule has 0 fully saturated rings. The van der Waals surface area contributed by atoms with Gasteiger partial charge in [-0.25, -0.2) is 9.37 Å². The van der Waals surface area contributed by atoms with Crippen LogP contribution in [-0.2, 0) is 0 Å². The lowest BCUT2D eigenvalue weighted by atomic mass is 10.2. The number of hydrogen-bond donors (Lipinski definition) is 2. The monoisotopic (exact) mass is 211 g/mol. The van der Waals surface area contributed by atoms with Crippen molar-refractivity contribution < 1.29 is 9.18 Å². The minimum Gasteiger partial charge on any atom is -0.371 e. The number of halogens is 1. The number of carbonyl (C=O) groups is 1. The molecule has 1 aromatic heterocycles. The van der Waals surface area contributed by atoms with Crippen molar-refractivity contribution in [3.05, 3.63) is 23.6 Å². The molecule has 4 nitrogen and oxygen atoms in total. The van der Waals surface area contributed by atoms with Gasteiger partial charge in [0.15, 0.2) is 11.6 Å². The Morgan fingerprint density at radius 2 is 2.33 bits per heavy atom. The summed E-state index contributed by atoms with van der Waals surface area (Å²) >= 11 is 0. The van der Waals surface area contributed by atoms with E-state index in [1.54, 1.807) is 7.05 Å². The third-order valence-corrected chi connectivity index (χ3v) is 1.91. The van der Waals surface area contributed by atoms with E-state index in [1.807, 2.05) is 6.92 Å².